The molecule has 0 saturated heterocycles. The summed E-state index contributed by atoms with van der Waals surface area (Å²) in [6.45, 7) is 21.0. The SMILES string of the molecule is CC1(C)c2cccc3c2-c2c1c1cc4ccccc4cc1c[n+]2CO3.CC1(C)c2cccc3c2-c2c1c1ccc4ccccc4c1c[n+]2CO3.CC1(C)c2cccc3c2-c2c1cc1c4ccccc4ccc1[n+]2CO3.CC1(C)c2cccc3c2-c2c1cc1ccc4ccccc4c1[n+]2CO3. The van der Waals surface area contributed by atoms with Crippen LogP contribution in [-0.4, -0.2) is 0 Å². The molecule has 0 saturated carbocycles. The number of aromatic nitrogens is 4. The van der Waals surface area contributed by atoms with E-state index in [-0.39, 0.29) is 21.7 Å². The summed E-state index contributed by atoms with van der Waals surface area (Å²) in [6, 6.07) is 83.4. The average molecular weight is 1300 g/mol. The first kappa shape index (κ1) is 57.6. The lowest BCUT2D eigenvalue weighted by Gasteiger charge is -2.21. The van der Waals surface area contributed by atoms with Crippen molar-refractivity contribution >= 4 is 86.4 Å². The van der Waals surface area contributed by atoms with Crippen LogP contribution in [0.15, 0.2) is 243 Å². The predicted molar refractivity (Wildman–Crippen MR) is 399 cm³/mol. The van der Waals surface area contributed by atoms with E-state index in [0.29, 0.717) is 26.9 Å². The first-order valence-corrected chi connectivity index (χ1v) is 35.2. The van der Waals surface area contributed by atoms with Gasteiger partial charge in [-0.25, -0.2) is 0 Å². The summed E-state index contributed by atoms with van der Waals surface area (Å²) in [6.07, 6.45) is 4.53. The molecule has 4 aliphatic carbocycles. The first-order valence-electron chi connectivity index (χ1n) is 35.2. The van der Waals surface area contributed by atoms with Crippen LogP contribution in [-0.2, 0) is 48.6 Å². The van der Waals surface area contributed by atoms with E-state index in [1.165, 1.54) is 176 Å². The minimum atomic E-state index is -0.0297. The molecule has 8 heteroatoms. The topological polar surface area (TPSA) is 52.4 Å². The van der Waals surface area contributed by atoms with Crippen LogP contribution in [0.3, 0.4) is 0 Å². The van der Waals surface area contributed by atoms with Gasteiger partial charge in [0.2, 0.25) is 33.8 Å². The van der Waals surface area contributed by atoms with Crippen molar-refractivity contribution in [2.75, 3.05) is 0 Å². The highest BCUT2D eigenvalue weighted by Crippen LogP contribution is 2.58. The molecule has 480 valence electrons. The van der Waals surface area contributed by atoms with E-state index >= 15 is 0 Å². The average Bonchev–Trinajstić information content (AvgIpc) is 1.55. The second kappa shape index (κ2) is 20.1. The van der Waals surface area contributed by atoms with Gasteiger partial charge >= 0.3 is 0 Å². The number of ether oxygens (including phenoxy) is 4. The fourth-order valence-electron chi connectivity index (χ4n) is 19.1. The van der Waals surface area contributed by atoms with E-state index in [1.54, 1.807) is 0 Å². The predicted octanol–water partition coefficient (Wildman–Crippen LogP) is 19.7. The van der Waals surface area contributed by atoms with Crippen molar-refractivity contribution in [1.82, 2.24) is 0 Å². The molecule has 0 atom stereocenters. The first-order chi connectivity index (χ1) is 48.6. The molecular formula is C92H72N4O4+4. The molecule has 24 rings (SSSR count). The van der Waals surface area contributed by atoms with Gasteiger partial charge in [-0.15, -0.1) is 0 Å². The lowest BCUT2D eigenvalue weighted by atomic mass is 9.80. The number of hydrogen-bond donors (Lipinski definition) is 0. The molecule has 8 nitrogen and oxygen atoms in total. The summed E-state index contributed by atoms with van der Waals surface area (Å²) >= 11 is 0. The van der Waals surface area contributed by atoms with Crippen LogP contribution >= 0.6 is 0 Å². The number of nitrogens with zero attached hydrogens (tertiary/aromatic N) is 4. The third-order valence-corrected chi connectivity index (χ3v) is 23.9. The fraction of sp³-hybridized carbons (Fsp3) is 0.174. The molecular weight excluding hydrogens is 1230 g/mol. The van der Waals surface area contributed by atoms with Gasteiger partial charge in [0.1, 0.15) is 23.0 Å². The molecule has 0 radical (unpaired) electrons. The van der Waals surface area contributed by atoms with Crippen LogP contribution in [0.2, 0.25) is 0 Å². The summed E-state index contributed by atoms with van der Waals surface area (Å²) in [7, 11) is 0. The number of pyridine rings is 4. The zero-order valence-electron chi connectivity index (χ0n) is 57.3. The molecule has 0 N–H and O–H groups in total. The zero-order chi connectivity index (χ0) is 67.0. The quantitative estimate of drug-likeness (QED) is 0.0863. The largest absolute Gasteiger partial charge is 0.435 e. The second-order valence-corrected chi connectivity index (χ2v) is 30.6. The van der Waals surface area contributed by atoms with Gasteiger partial charge in [0.15, 0.2) is 12.4 Å². The highest BCUT2D eigenvalue weighted by atomic mass is 16.5. The van der Waals surface area contributed by atoms with Crippen LogP contribution in [0, 0.1) is 0 Å². The van der Waals surface area contributed by atoms with Crippen molar-refractivity contribution in [3.05, 3.63) is 287 Å². The molecule has 0 amide bonds. The van der Waals surface area contributed by atoms with Crippen LogP contribution in [0.4, 0.5) is 0 Å². The lowest BCUT2D eigenvalue weighted by Crippen LogP contribution is -2.43. The maximum Gasteiger partial charge on any atom is 0.293 e. The number of benzene rings is 12. The molecule has 16 aromatic rings. The highest BCUT2D eigenvalue weighted by molar-refractivity contribution is 6.11. The Morgan fingerprint density at radius 1 is 0.260 bits per heavy atom. The van der Waals surface area contributed by atoms with Gasteiger partial charge in [0.25, 0.3) is 26.9 Å². The van der Waals surface area contributed by atoms with Crippen molar-refractivity contribution in [3.63, 3.8) is 0 Å². The highest BCUT2D eigenvalue weighted by Gasteiger charge is 2.51. The van der Waals surface area contributed by atoms with Gasteiger partial charge in [-0.2, -0.15) is 18.3 Å². The fourth-order valence-corrected chi connectivity index (χ4v) is 19.1. The molecule has 4 aliphatic heterocycles. The molecule has 8 aliphatic rings. The normalized spacial score (nSPS) is 16.1. The van der Waals surface area contributed by atoms with E-state index in [2.05, 4.69) is 317 Å². The Morgan fingerprint density at radius 2 is 0.680 bits per heavy atom. The van der Waals surface area contributed by atoms with Gasteiger partial charge in [-0.3, -0.25) is 0 Å². The monoisotopic (exact) mass is 1300 g/mol. The Kier molecular flexibility index (Phi) is 11.6. The summed E-state index contributed by atoms with van der Waals surface area (Å²) in [4.78, 5) is 0. The summed E-state index contributed by atoms with van der Waals surface area (Å²) in [5, 5.41) is 18.2. The molecule has 0 fully saturated rings. The summed E-state index contributed by atoms with van der Waals surface area (Å²) < 4.78 is 33.8. The van der Waals surface area contributed by atoms with Crippen LogP contribution in [0.1, 0.15) is 99.9 Å². The molecule has 4 aromatic heterocycles. The van der Waals surface area contributed by atoms with E-state index in [9.17, 15) is 0 Å². The molecule has 0 bridgehead atoms. The van der Waals surface area contributed by atoms with E-state index in [0.717, 1.165) is 23.0 Å². The Labute approximate surface area is 579 Å². The van der Waals surface area contributed by atoms with E-state index in [1.807, 2.05) is 0 Å². The lowest BCUT2D eigenvalue weighted by molar-refractivity contribution is -0.716. The number of rotatable bonds is 0. The van der Waals surface area contributed by atoms with Gasteiger partial charge < -0.3 is 18.9 Å². The third-order valence-electron chi connectivity index (χ3n) is 23.9. The summed E-state index contributed by atoms with van der Waals surface area (Å²) in [5.74, 6) is 4.07. The smallest absolute Gasteiger partial charge is 0.293 e. The Balaban J connectivity index is 0.0000000873. The van der Waals surface area contributed by atoms with Gasteiger partial charge in [0.05, 0.1) is 38.4 Å². The van der Waals surface area contributed by atoms with E-state index < -0.39 is 0 Å². The number of hydrogen-bond acceptors (Lipinski definition) is 4. The van der Waals surface area contributed by atoms with Crippen molar-refractivity contribution in [2.24, 2.45) is 0 Å². The van der Waals surface area contributed by atoms with Crippen molar-refractivity contribution in [2.45, 2.75) is 104 Å². The standard InChI is InChI=1S/4C23H18NO/c1-23(2)18-8-5-9-19-20(18)22-21(23)17-11-15-7-4-3-6-14(15)10-16(17)12-24(22)13-25-19;1-23(2)17-8-5-9-19-20(17)22-18(23)12-15-11-10-14-6-3-4-7-16(14)21(15)24(22)13-25-19;1-23(2)17-8-5-9-20-21(17)22-18(23)12-16-15-7-4-3-6-14(15)10-11-19(16)24(22)13-25-20;1-23(2)18-8-5-9-19-20(18)22-21(23)16-11-10-14-6-3-4-7-15(14)17(16)12-24(22)13-25-19/h4*3-12H,13H2,1-2H3/q4*+1. The maximum atomic E-state index is 6.18. The number of fused-ring (bicyclic) bond motifs is 15. The van der Waals surface area contributed by atoms with Gasteiger partial charge in [-0.1, -0.05) is 213 Å². The van der Waals surface area contributed by atoms with Gasteiger partial charge in [-0.05, 0) is 137 Å². The Bertz CT molecular complexity index is 6300. The maximum absolute atomic E-state index is 6.18. The van der Waals surface area contributed by atoms with Crippen molar-refractivity contribution in [1.29, 1.82) is 0 Å². The zero-order valence-corrected chi connectivity index (χ0v) is 57.3. The minimum absolute atomic E-state index is 0.00401. The molecule has 0 spiro atoms. The van der Waals surface area contributed by atoms with Crippen LogP contribution in [0.25, 0.3) is 131 Å². The third kappa shape index (κ3) is 7.65. The van der Waals surface area contributed by atoms with Gasteiger partial charge in [0, 0.05) is 60.8 Å². The van der Waals surface area contributed by atoms with Crippen LogP contribution < -0.4 is 37.2 Å². The molecule has 8 heterocycles. The Hall–Kier alpha value is -11.5. The van der Waals surface area contributed by atoms with Crippen molar-refractivity contribution < 1.29 is 37.2 Å². The molecule has 12 aromatic carbocycles. The molecule has 0 unspecified atom stereocenters. The van der Waals surface area contributed by atoms with Crippen molar-refractivity contribution in [3.8, 4) is 68.0 Å². The Morgan fingerprint density at radius 3 is 1.27 bits per heavy atom. The molecule has 100 heavy (non-hydrogen) atoms. The minimum Gasteiger partial charge on any atom is -0.435 e. The van der Waals surface area contributed by atoms with E-state index in [4.69, 9.17) is 18.9 Å². The van der Waals surface area contributed by atoms with Crippen LogP contribution in [0.5, 0.6) is 23.0 Å². The summed E-state index contributed by atoms with van der Waals surface area (Å²) in [5.41, 5.74) is 24.1. The second-order valence-electron chi connectivity index (χ2n) is 30.6.